The van der Waals surface area contributed by atoms with Crippen molar-refractivity contribution in [2.24, 2.45) is 0 Å². The molecule has 0 unspecified atom stereocenters. The van der Waals surface area contributed by atoms with Crippen LogP contribution in [-0.2, 0) is 16.0 Å². The van der Waals surface area contributed by atoms with Crippen LogP contribution in [0.4, 0.5) is 0 Å². The first-order chi connectivity index (χ1) is 9.74. The van der Waals surface area contributed by atoms with E-state index in [2.05, 4.69) is 29.2 Å². The standard InChI is InChI=1S/C16H23NO3/c18-16(19)13-20-15-8-11-17(12-9-15)10-4-7-14-5-2-1-3-6-14/h1-3,5-6,15H,4,7-13H2,(H,18,19). The summed E-state index contributed by atoms with van der Waals surface area (Å²) < 4.78 is 5.34. The van der Waals surface area contributed by atoms with Crippen LogP contribution >= 0.6 is 0 Å². The Morgan fingerprint density at radius 2 is 1.95 bits per heavy atom. The van der Waals surface area contributed by atoms with Gasteiger partial charge in [-0.05, 0) is 37.8 Å². The molecule has 0 amide bonds. The molecule has 1 saturated heterocycles. The maximum absolute atomic E-state index is 10.4. The minimum Gasteiger partial charge on any atom is -0.480 e. The third kappa shape index (κ3) is 5.31. The van der Waals surface area contributed by atoms with Gasteiger partial charge in [0, 0.05) is 13.1 Å². The van der Waals surface area contributed by atoms with E-state index in [4.69, 9.17) is 9.84 Å². The molecule has 0 radical (unpaired) electrons. The first kappa shape index (κ1) is 15.0. The van der Waals surface area contributed by atoms with Gasteiger partial charge in [0.05, 0.1) is 6.10 Å². The number of aliphatic carboxylic acids is 1. The molecule has 0 aromatic heterocycles. The average Bonchev–Trinajstić information content (AvgIpc) is 2.47. The Kier molecular flexibility index (Phi) is 6.02. The molecular weight excluding hydrogens is 254 g/mol. The summed E-state index contributed by atoms with van der Waals surface area (Å²) in [5, 5.41) is 8.59. The zero-order chi connectivity index (χ0) is 14.2. The number of piperidine rings is 1. The number of carboxylic acid groups (broad SMARTS) is 1. The molecule has 20 heavy (non-hydrogen) atoms. The Hall–Kier alpha value is -1.39. The third-order valence-corrected chi connectivity index (χ3v) is 3.76. The lowest BCUT2D eigenvalue weighted by Gasteiger charge is -2.31. The number of benzene rings is 1. The Morgan fingerprint density at radius 1 is 1.25 bits per heavy atom. The highest BCUT2D eigenvalue weighted by atomic mass is 16.5. The summed E-state index contributed by atoms with van der Waals surface area (Å²) in [7, 11) is 0. The molecule has 1 aromatic rings. The van der Waals surface area contributed by atoms with Gasteiger partial charge in [0.15, 0.2) is 0 Å². The van der Waals surface area contributed by atoms with Crippen molar-refractivity contribution in [3.8, 4) is 0 Å². The van der Waals surface area contributed by atoms with E-state index in [0.717, 1.165) is 38.9 Å². The zero-order valence-electron chi connectivity index (χ0n) is 11.8. The van der Waals surface area contributed by atoms with Crippen molar-refractivity contribution in [2.75, 3.05) is 26.2 Å². The number of rotatable bonds is 7. The van der Waals surface area contributed by atoms with Gasteiger partial charge in [-0.1, -0.05) is 30.3 Å². The van der Waals surface area contributed by atoms with Crippen molar-refractivity contribution in [2.45, 2.75) is 31.8 Å². The van der Waals surface area contributed by atoms with Crippen LogP contribution in [0, 0.1) is 0 Å². The molecule has 1 fully saturated rings. The average molecular weight is 277 g/mol. The van der Waals surface area contributed by atoms with Gasteiger partial charge in [-0.15, -0.1) is 0 Å². The number of ether oxygens (including phenoxy) is 1. The molecule has 1 heterocycles. The van der Waals surface area contributed by atoms with Crippen LogP contribution in [0.15, 0.2) is 30.3 Å². The second-order valence-corrected chi connectivity index (χ2v) is 5.33. The monoisotopic (exact) mass is 277 g/mol. The fourth-order valence-corrected chi connectivity index (χ4v) is 2.64. The fraction of sp³-hybridized carbons (Fsp3) is 0.562. The van der Waals surface area contributed by atoms with Crippen molar-refractivity contribution in [3.05, 3.63) is 35.9 Å². The van der Waals surface area contributed by atoms with Gasteiger partial charge in [0.1, 0.15) is 6.61 Å². The topological polar surface area (TPSA) is 49.8 Å². The van der Waals surface area contributed by atoms with Gasteiger partial charge >= 0.3 is 5.97 Å². The number of nitrogens with zero attached hydrogens (tertiary/aromatic N) is 1. The fourth-order valence-electron chi connectivity index (χ4n) is 2.64. The Labute approximate surface area is 120 Å². The first-order valence-corrected chi connectivity index (χ1v) is 7.34. The van der Waals surface area contributed by atoms with E-state index in [1.54, 1.807) is 0 Å². The Balaban J connectivity index is 1.59. The lowest BCUT2D eigenvalue weighted by molar-refractivity contribution is -0.145. The predicted octanol–water partition coefficient (Wildman–Crippen LogP) is 2.18. The molecule has 0 atom stereocenters. The first-order valence-electron chi connectivity index (χ1n) is 7.34. The molecule has 4 heteroatoms. The van der Waals surface area contributed by atoms with E-state index in [0.29, 0.717) is 0 Å². The number of aryl methyl sites for hydroxylation is 1. The molecule has 0 aliphatic carbocycles. The van der Waals surface area contributed by atoms with E-state index in [1.807, 2.05) is 6.07 Å². The summed E-state index contributed by atoms with van der Waals surface area (Å²) in [6, 6.07) is 10.6. The smallest absolute Gasteiger partial charge is 0.329 e. The summed E-state index contributed by atoms with van der Waals surface area (Å²) in [6.45, 7) is 2.97. The highest BCUT2D eigenvalue weighted by Crippen LogP contribution is 2.14. The van der Waals surface area contributed by atoms with E-state index in [9.17, 15) is 4.79 Å². The van der Waals surface area contributed by atoms with Gasteiger partial charge in [0.25, 0.3) is 0 Å². The molecule has 0 saturated carbocycles. The van der Waals surface area contributed by atoms with Crippen LogP contribution in [0.25, 0.3) is 0 Å². The SMILES string of the molecule is O=C(O)COC1CCN(CCCc2ccccc2)CC1. The Morgan fingerprint density at radius 3 is 2.60 bits per heavy atom. The molecule has 4 nitrogen and oxygen atoms in total. The molecular formula is C16H23NO3. The summed E-state index contributed by atoms with van der Waals surface area (Å²) >= 11 is 0. The van der Waals surface area contributed by atoms with E-state index >= 15 is 0 Å². The molecule has 0 bridgehead atoms. The van der Waals surface area contributed by atoms with Crippen molar-refractivity contribution in [3.63, 3.8) is 0 Å². The van der Waals surface area contributed by atoms with Crippen LogP contribution < -0.4 is 0 Å². The summed E-state index contributed by atoms with van der Waals surface area (Å²) in [5.74, 6) is -0.879. The largest absolute Gasteiger partial charge is 0.480 e. The molecule has 1 aliphatic heterocycles. The van der Waals surface area contributed by atoms with Gasteiger partial charge in [0.2, 0.25) is 0 Å². The van der Waals surface area contributed by atoms with Gasteiger partial charge in [-0.3, -0.25) is 0 Å². The highest BCUT2D eigenvalue weighted by Gasteiger charge is 2.19. The maximum atomic E-state index is 10.4. The van der Waals surface area contributed by atoms with Crippen molar-refractivity contribution in [1.29, 1.82) is 0 Å². The number of hydrogen-bond acceptors (Lipinski definition) is 3. The molecule has 2 rings (SSSR count). The molecule has 1 N–H and O–H groups in total. The van der Waals surface area contributed by atoms with E-state index in [1.165, 1.54) is 12.0 Å². The number of likely N-dealkylation sites (tertiary alicyclic amines) is 1. The van der Waals surface area contributed by atoms with Crippen LogP contribution in [0.1, 0.15) is 24.8 Å². The van der Waals surface area contributed by atoms with Gasteiger partial charge < -0.3 is 14.7 Å². The Bertz CT molecular complexity index is 399. The number of carbonyl (C=O) groups is 1. The van der Waals surface area contributed by atoms with Crippen molar-refractivity contribution >= 4 is 5.97 Å². The van der Waals surface area contributed by atoms with E-state index in [-0.39, 0.29) is 12.7 Å². The summed E-state index contributed by atoms with van der Waals surface area (Å²) in [5.41, 5.74) is 1.40. The molecule has 0 spiro atoms. The molecule has 1 aliphatic rings. The van der Waals surface area contributed by atoms with Crippen LogP contribution in [0.5, 0.6) is 0 Å². The highest BCUT2D eigenvalue weighted by molar-refractivity contribution is 5.68. The van der Waals surface area contributed by atoms with Crippen molar-refractivity contribution in [1.82, 2.24) is 4.90 Å². The van der Waals surface area contributed by atoms with Crippen LogP contribution in [-0.4, -0.2) is 48.3 Å². The predicted molar refractivity (Wildman–Crippen MR) is 77.8 cm³/mol. The molecule has 1 aromatic carbocycles. The lowest BCUT2D eigenvalue weighted by atomic mass is 10.1. The lowest BCUT2D eigenvalue weighted by Crippen LogP contribution is -2.38. The molecule has 110 valence electrons. The maximum Gasteiger partial charge on any atom is 0.329 e. The van der Waals surface area contributed by atoms with Crippen LogP contribution in [0.3, 0.4) is 0 Å². The quantitative estimate of drug-likeness (QED) is 0.830. The van der Waals surface area contributed by atoms with Gasteiger partial charge in [-0.25, -0.2) is 4.79 Å². The minimum absolute atomic E-state index is 0.122. The summed E-state index contributed by atoms with van der Waals surface area (Å²) in [6.07, 6.45) is 4.30. The second kappa shape index (κ2) is 8.02. The number of carboxylic acids is 1. The minimum atomic E-state index is -0.879. The van der Waals surface area contributed by atoms with Gasteiger partial charge in [-0.2, -0.15) is 0 Å². The van der Waals surface area contributed by atoms with Crippen LogP contribution in [0.2, 0.25) is 0 Å². The normalized spacial score (nSPS) is 17.2. The summed E-state index contributed by atoms with van der Waals surface area (Å²) in [4.78, 5) is 12.9. The van der Waals surface area contributed by atoms with Crippen molar-refractivity contribution < 1.29 is 14.6 Å². The second-order valence-electron chi connectivity index (χ2n) is 5.33. The zero-order valence-corrected chi connectivity index (χ0v) is 11.8. The van der Waals surface area contributed by atoms with E-state index < -0.39 is 5.97 Å². The third-order valence-electron chi connectivity index (χ3n) is 3.76. The number of hydrogen-bond donors (Lipinski definition) is 1.